The molecule has 0 saturated heterocycles. The van der Waals surface area contributed by atoms with Crippen LogP contribution in [0.5, 0.6) is 0 Å². The third-order valence-electron chi connectivity index (χ3n) is 3.74. The van der Waals surface area contributed by atoms with E-state index in [2.05, 4.69) is 17.3 Å². The van der Waals surface area contributed by atoms with E-state index < -0.39 is 0 Å². The van der Waals surface area contributed by atoms with Crippen LogP contribution in [0.4, 0.5) is 0 Å². The zero-order valence-corrected chi connectivity index (χ0v) is 14.6. The van der Waals surface area contributed by atoms with Gasteiger partial charge in [-0.15, -0.1) is 11.3 Å². The molecule has 0 bridgehead atoms. The molecule has 124 valence electrons. The fourth-order valence-electron chi connectivity index (χ4n) is 2.51. The van der Waals surface area contributed by atoms with Gasteiger partial charge in [0.05, 0.1) is 17.9 Å². The van der Waals surface area contributed by atoms with E-state index in [4.69, 9.17) is 4.98 Å². The van der Waals surface area contributed by atoms with Crippen LogP contribution in [0.15, 0.2) is 48.1 Å². The summed E-state index contributed by atoms with van der Waals surface area (Å²) in [7, 11) is 1.89. The van der Waals surface area contributed by atoms with Crippen molar-refractivity contribution >= 4 is 17.2 Å². The number of aromatic nitrogens is 3. The number of benzene rings is 1. The van der Waals surface area contributed by atoms with Crippen LogP contribution in [0, 0.1) is 0 Å². The lowest BCUT2D eigenvalue weighted by Crippen LogP contribution is -2.28. The number of rotatable bonds is 6. The highest BCUT2D eigenvalue weighted by molar-refractivity contribution is 7.10. The molecule has 1 N–H and O–H groups in total. The molecule has 1 aromatic carbocycles. The average Bonchev–Trinajstić information content (AvgIpc) is 3.24. The molecule has 2 aromatic heterocycles. The molecular formula is C18H20N4OS. The Bertz CT molecular complexity index is 809. The van der Waals surface area contributed by atoms with Crippen molar-refractivity contribution in [2.24, 2.45) is 7.05 Å². The van der Waals surface area contributed by atoms with E-state index in [0.717, 1.165) is 29.1 Å². The molecule has 0 aliphatic rings. The largest absolute Gasteiger partial charge is 0.343 e. The van der Waals surface area contributed by atoms with E-state index in [9.17, 15) is 4.79 Å². The Hall–Kier alpha value is -2.47. The SMILES string of the molecule is CCC[C@H](NC(=O)c1ccccc1)c1nc(-c2cnn(C)c2)cs1. The summed E-state index contributed by atoms with van der Waals surface area (Å²) in [4.78, 5) is 17.1. The number of hydrogen-bond acceptors (Lipinski definition) is 4. The highest BCUT2D eigenvalue weighted by Gasteiger charge is 2.19. The van der Waals surface area contributed by atoms with E-state index >= 15 is 0 Å². The molecule has 0 aliphatic carbocycles. The van der Waals surface area contributed by atoms with Gasteiger partial charge in [-0.3, -0.25) is 9.48 Å². The third-order valence-corrected chi connectivity index (χ3v) is 4.70. The molecule has 6 heteroatoms. The molecule has 3 rings (SSSR count). The van der Waals surface area contributed by atoms with Gasteiger partial charge >= 0.3 is 0 Å². The van der Waals surface area contributed by atoms with Crippen molar-refractivity contribution in [3.63, 3.8) is 0 Å². The number of nitrogens with zero attached hydrogens (tertiary/aromatic N) is 3. The Labute approximate surface area is 145 Å². The lowest BCUT2D eigenvalue weighted by molar-refractivity contribution is 0.0934. The van der Waals surface area contributed by atoms with Crippen LogP contribution in [-0.2, 0) is 7.05 Å². The Kier molecular flexibility index (Phi) is 5.05. The van der Waals surface area contributed by atoms with Gasteiger partial charge in [-0.2, -0.15) is 5.10 Å². The predicted molar refractivity (Wildman–Crippen MR) is 95.9 cm³/mol. The third kappa shape index (κ3) is 3.71. The summed E-state index contributed by atoms with van der Waals surface area (Å²) in [6.45, 7) is 2.11. The van der Waals surface area contributed by atoms with Crippen molar-refractivity contribution in [1.82, 2.24) is 20.1 Å². The minimum absolute atomic E-state index is 0.0628. The van der Waals surface area contributed by atoms with Crippen molar-refractivity contribution in [3.05, 3.63) is 58.7 Å². The topological polar surface area (TPSA) is 59.8 Å². The van der Waals surface area contributed by atoms with Crippen LogP contribution in [0.3, 0.4) is 0 Å². The van der Waals surface area contributed by atoms with E-state index in [1.54, 1.807) is 22.2 Å². The van der Waals surface area contributed by atoms with Crippen LogP contribution in [0.1, 0.15) is 41.2 Å². The Morgan fingerprint density at radius 3 is 2.79 bits per heavy atom. The molecule has 0 saturated carbocycles. The highest BCUT2D eigenvalue weighted by Crippen LogP contribution is 2.27. The van der Waals surface area contributed by atoms with Crippen molar-refractivity contribution in [3.8, 4) is 11.3 Å². The summed E-state index contributed by atoms with van der Waals surface area (Å²) in [6, 6.07) is 9.21. The highest BCUT2D eigenvalue weighted by atomic mass is 32.1. The number of nitrogens with one attached hydrogen (secondary N) is 1. The summed E-state index contributed by atoms with van der Waals surface area (Å²) in [6.07, 6.45) is 5.58. The van der Waals surface area contributed by atoms with Gasteiger partial charge in [0.2, 0.25) is 0 Å². The first-order chi connectivity index (χ1) is 11.7. The van der Waals surface area contributed by atoms with E-state index in [-0.39, 0.29) is 11.9 Å². The van der Waals surface area contributed by atoms with Gasteiger partial charge in [0.1, 0.15) is 5.01 Å². The van der Waals surface area contributed by atoms with Crippen LogP contribution < -0.4 is 5.32 Å². The first kappa shape index (κ1) is 16.4. The normalized spacial score (nSPS) is 12.1. The first-order valence-electron chi connectivity index (χ1n) is 7.97. The van der Waals surface area contributed by atoms with E-state index in [1.165, 1.54) is 0 Å². The molecule has 3 aromatic rings. The van der Waals surface area contributed by atoms with Crippen LogP contribution in [0.25, 0.3) is 11.3 Å². The molecule has 0 fully saturated rings. The molecular weight excluding hydrogens is 320 g/mol. The van der Waals surface area contributed by atoms with Crippen molar-refractivity contribution in [1.29, 1.82) is 0 Å². The van der Waals surface area contributed by atoms with Crippen molar-refractivity contribution < 1.29 is 4.79 Å². The second-order valence-corrected chi connectivity index (χ2v) is 6.54. The Balaban J connectivity index is 1.78. The van der Waals surface area contributed by atoms with Gasteiger partial charge in [-0.25, -0.2) is 4.98 Å². The fraction of sp³-hybridized carbons (Fsp3) is 0.278. The zero-order valence-electron chi connectivity index (χ0n) is 13.8. The van der Waals surface area contributed by atoms with Gasteiger partial charge < -0.3 is 5.32 Å². The van der Waals surface area contributed by atoms with Crippen LogP contribution in [0.2, 0.25) is 0 Å². The zero-order chi connectivity index (χ0) is 16.9. The minimum Gasteiger partial charge on any atom is -0.343 e. The van der Waals surface area contributed by atoms with E-state index in [1.807, 2.05) is 49.0 Å². The number of carbonyl (C=O) groups is 1. The second kappa shape index (κ2) is 7.40. The minimum atomic E-state index is -0.0712. The maximum Gasteiger partial charge on any atom is 0.251 e. The molecule has 2 heterocycles. The standard InChI is InChI=1S/C18H20N4OS/c1-3-7-15(20-17(23)13-8-5-4-6-9-13)18-21-16(12-24-18)14-10-19-22(2)11-14/h4-6,8-12,15H,3,7H2,1-2H3,(H,20,23)/t15-/m0/s1. The van der Waals surface area contributed by atoms with Crippen LogP contribution in [-0.4, -0.2) is 20.7 Å². The molecule has 0 unspecified atom stereocenters. The molecule has 1 atom stereocenters. The Morgan fingerprint density at radius 1 is 1.33 bits per heavy atom. The smallest absolute Gasteiger partial charge is 0.251 e. The Morgan fingerprint density at radius 2 is 2.12 bits per heavy atom. The first-order valence-corrected chi connectivity index (χ1v) is 8.85. The number of hydrogen-bond donors (Lipinski definition) is 1. The van der Waals surface area contributed by atoms with Crippen LogP contribution >= 0.6 is 11.3 Å². The van der Waals surface area contributed by atoms with Gasteiger partial charge in [-0.1, -0.05) is 31.5 Å². The summed E-state index contributed by atoms with van der Waals surface area (Å²) < 4.78 is 1.76. The van der Waals surface area contributed by atoms with Crippen molar-refractivity contribution in [2.75, 3.05) is 0 Å². The van der Waals surface area contributed by atoms with E-state index in [0.29, 0.717) is 5.56 Å². The summed E-state index contributed by atoms with van der Waals surface area (Å²) in [5.41, 5.74) is 2.56. The number of carbonyl (C=O) groups excluding carboxylic acids is 1. The lowest BCUT2D eigenvalue weighted by Gasteiger charge is -2.15. The second-order valence-electron chi connectivity index (χ2n) is 5.65. The monoisotopic (exact) mass is 340 g/mol. The average molecular weight is 340 g/mol. The van der Waals surface area contributed by atoms with Gasteiger partial charge in [0.25, 0.3) is 5.91 Å². The summed E-state index contributed by atoms with van der Waals surface area (Å²) >= 11 is 1.58. The quantitative estimate of drug-likeness (QED) is 0.742. The van der Waals surface area contributed by atoms with Gasteiger partial charge in [-0.05, 0) is 18.6 Å². The summed E-state index contributed by atoms with van der Waals surface area (Å²) in [5.74, 6) is -0.0628. The molecule has 5 nitrogen and oxygen atoms in total. The molecule has 0 radical (unpaired) electrons. The molecule has 0 spiro atoms. The maximum absolute atomic E-state index is 12.4. The number of thiazole rings is 1. The molecule has 0 aliphatic heterocycles. The summed E-state index contributed by atoms with van der Waals surface area (Å²) in [5, 5.41) is 10.2. The number of amides is 1. The lowest BCUT2D eigenvalue weighted by atomic mass is 10.1. The van der Waals surface area contributed by atoms with Crippen molar-refractivity contribution in [2.45, 2.75) is 25.8 Å². The molecule has 24 heavy (non-hydrogen) atoms. The fourth-order valence-corrected chi connectivity index (χ4v) is 3.42. The van der Waals surface area contributed by atoms with Gasteiger partial charge in [0.15, 0.2) is 0 Å². The number of aryl methyl sites for hydroxylation is 1. The maximum atomic E-state index is 12.4. The van der Waals surface area contributed by atoms with Gasteiger partial charge in [0, 0.05) is 29.8 Å². The molecule has 1 amide bonds. The predicted octanol–water partition coefficient (Wildman–Crippen LogP) is 3.81.